The third-order valence-corrected chi connectivity index (χ3v) is 3.04. The maximum Gasteiger partial charge on any atom is 0.315 e. The number of nitrogens with one attached hydrogen (secondary N) is 1. The standard InChI is InChI=1S/C10H18N4O/c1-6(11)9-13-14-10(15-9)12-7(2)8-4-3-5-8/h6-8H,3-5,11H2,1-2H3,(H,12,14). The Morgan fingerprint density at radius 2 is 2.13 bits per heavy atom. The predicted molar refractivity (Wildman–Crippen MR) is 57.3 cm³/mol. The molecule has 1 aliphatic carbocycles. The Morgan fingerprint density at radius 3 is 2.60 bits per heavy atom. The van der Waals surface area contributed by atoms with Crippen LogP contribution in [0.1, 0.15) is 45.0 Å². The zero-order valence-corrected chi connectivity index (χ0v) is 9.23. The van der Waals surface area contributed by atoms with Crippen LogP contribution < -0.4 is 11.1 Å². The molecule has 1 aromatic rings. The number of anilines is 1. The summed E-state index contributed by atoms with van der Waals surface area (Å²) in [6, 6.07) is 0.689. The number of rotatable bonds is 4. The van der Waals surface area contributed by atoms with E-state index in [0.29, 0.717) is 17.9 Å². The molecule has 0 amide bonds. The quantitative estimate of drug-likeness (QED) is 0.790. The highest BCUT2D eigenvalue weighted by Crippen LogP contribution is 2.30. The van der Waals surface area contributed by atoms with Crippen LogP contribution in [0.5, 0.6) is 0 Å². The molecule has 0 aliphatic heterocycles. The number of aromatic nitrogens is 2. The first-order valence-electron chi connectivity index (χ1n) is 5.52. The first kappa shape index (κ1) is 10.4. The second-order valence-electron chi connectivity index (χ2n) is 4.36. The van der Waals surface area contributed by atoms with E-state index >= 15 is 0 Å². The van der Waals surface area contributed by atoms with Crippen molar-refractivity contribution in [2.75, 3.05) is 5.32 Å². The molecule has 0 spiro atoms. The van der Waals surface area contributed by atoms with E-state index in [2.05, 4.69) is 22.4 Å². The van der Waals surface area contributed by atoms with E-state index in [1.807, 2.05) is 6.92 Å². The highest BCUT2D eigenvalue weighted by Gasteiger charge is 2.25. The number of hydrogen-bond donors (Lipinski definition) is 2. The maximum atomic E-state index is 5.63. The van der Waals surface area contributed by atoms with Crippen molar-refractivity contribution in [1.82, 2.24) is 10.2 Å². The number of hydrogen-bond acceptors (Lipinski definition) is 5. The number of nitrogens with two attached hydrogens (primary N) is 1. The van der Waals surface area contributed by atoms with Crippen molar-refractivity contribution in [2.24, 2.45) is 11.7 Å². The van der Waals surface area contributed by atoms with Crippen molar-refractivity contribution in [3.05, 3.63) is 5.89 Å². The highest BCUT2D eigenvalue weighted by atomic mass is 16.4. The molecule has 84 valence electrons. The molecule has 15 heavy (non-hydrogen) atoms. The van der Waals surface area contributed by atoms with Crippen LogP contribution in [-0.2, 0) is 0 Å². The summed E-state index contributed by atoms with van der Waals surface area (Å²) in [4.78, 5) is 0. The van der Waals surface area contributed by atoms with E-state index in [-0.39, 0.29) is 6.04 Å². The van der Waals surface area contributed by atoms with Gasteiger partial charge in [0.15, 0.2) is 0 Å². The van der Waals surface area contributed by atoms with Crippen molar-refractivity contribution < 1.29 is 4.42 Å². The van der Waals surface area contributed by atoms with Crippen molar-refractivity contribution in [3.8, 4) is 0 Å². The lowest BCUT2D eigenvalue weighted by Crippen LogP contribution is -2.30. The summed E-state index contributed by atoms with van der Waals surface area (Å²) < 4.78 is 5.38. The fourth-order valence-electron chi connectivity index (χ4n) is 1.73. The first-order valence-corrected chi connectivity index (χ1v) is 5.52. The zero-order valence-electron chi connectivity index (χ0n) is 9.23. The first-order chi connectivity index (χ1) is 7.16. The molecule has 0 aromatic carbocycles. The molecular formula is C10H18N4O. The van der Waals surface area contributed by atoms with Gasteiger partial charge in [-0.15, -0.1) is 5.10 Å². The van der Waals surface area contributed by atoms with Crippen LogP contribution in [0, 0.1) is 5.92 Å². The van der Waals surface area contributed by atoms with Gasteiger partial charge >= 0.3 is 6.01 Å². The molecule has 1 aromatic heterocycles. The smallest absolute Gasteiger partial charge is 0.315 e. The third-order valence-electron chi connectivity index (χ3n) is 3.04. The zero-order chi connectivity index (χ0) is 10.8. The molecule has 0 saturated heterocycles. The molecule has 0 bridgehead atoms. The van der Waals surface area contributed by atoms with Gasteiger partial charge in [-0.3, -0.25) is 0 Å². The monoisotopic (exact) mass is 210 g/mol. The summed E-state index contributed by atoms with van der Waals surface area (Å²) >= 11 is 0. The summed E-state index contributed by atoms with van der Waals surface area (Å²) in [6.07, 6.45) is 3.93. The summed E-state index contributed by atoms with van der Waals surface area (Å²) in [6.45, 7) is 3.98. The van der Waals surface area contributed by atoms with Crippen LogP contribution in [0.4, 0.5) is 6.01 Å². The van der Waals surface area contributed by atoms with E-state index < -0.39 is 0 Å². The van der Waals surface area contributed by atoms with E-state index in [4.69, 9.17) is 10.2 Å². The molecule has 1 fully saturated rings. The average molecular weight is 210 g/mol. The van der Waals surface area contributed by atoms with Crippen LogP contribution in [0.2, 0.25) is 0 Å². The Labute approximate surface area is 89.4 Å². The lowest BCUT2D eigenvalue weighted by molar-refractivity contribution is 0.281. The van der Waals surface area contributed by atoms with E-state index in [1.54, 1.807) is 0 Å². The van der Waals surface area contributed by atoms with Gasteiger partial charge in [0.1, 0.15) is 0 Å². The molecule has 3 N–H and O–H groups in total. The Balaban J connectivity index is 1.91. The van der Waals surface area contributed by atoms with Crippen LogP contribution in [0.3, 0.4) is 0 Å². The van der Waals surface area contributed by atoms with E-state index in [0.717, 1.165) is 5.92 Å². The van der Waals surface area contributed by atoms with Gasteiger partial charge in [0, 0.05) is 6.04 Å². The second kappa shape index (κ2) is 4.18. The van der Waals surface area contributed by atoms with Gasteiger partial charge in [0.25, 0.3) is 0 Å². The van der Waals surface area contributed by atoms with Crippen LogP contribution in [0.25, 0.3) is 0 Å². The van der Waals surface area contributed by atoms with Crippen molar-refractivity contribution >= 4 is 6.01 Å². The lowest BCUT2D eigenvalue weighted by atomic mass is 9.80. The summed E-state index contributed by atoms with van der Waals surface area (Å²) in [5.74, 6) is 1.23. The molecule has 2 rings (SSSR count). The fraction of sp³-hybridized carbons (Fsp3) is 0.800. The lowest BCUT2D eigenvalue weighted by Gasteiger charge is -2.31. The summed E-state index contributed by atoms with van der Waals surface area (Å²) in [7, 11) is 0. The normalized spacial score (nSPS) is 20.7. The van der Waals surface area contributed by atoms with Gasteiger partial charge in [-0.2, -0.15) is 0 Å². The minimum absolute atomic E-state index is 0.202. The van der Waals surface area contributed by atoms with E-state index in [1.165, 1.54) is 19.3 Å². The van der Waals surface area contributed by atoms with Gasteiger partial charge in [-0.05, 0) is 32.6 Å². The molecule has 1 aliphatic rings. The van der Waals surface area contributed by atoms with Crippen molar-refractivity contribution in [1.29, 1.82) is 0 Å². The minimum Gasteiger partial charge on any atom is -0.406 e. The Bertz CT molecular complexity index is 319. The molecule has 0 radical (unpaired) electrons. The van der Waals surface area contributed by atoms with Crippen LogP contribution in [0.15, 0.2) is 4.42 Å². The van der Waals surface area contributed by atoms with Gasteiger partial charge in [-0.25, -0.2) is 0 Å². The predicted octanol–water partition coefficient (Wildman–Crippen LogP) is 1.69. The maximum absolute atomic E-state index is 5.63. The Hall–Kier alpha value is -1.10. The summed E-state index contributed by atoms with van der Waals surface area (Å²) in [5.41, 5.74) is 5.63. The van der Waals surface area contributed by atoms with Crippen molar-refractivity contribution in [3.63, 3.8) is 0 Å². The molecule has 5 nitrogen and oxygen atoms in total. The molecule has 5 heteroatoms. The molecule has 1 saturated carbocycles. The van der Waals surface area contributed by atoms with Crippen molar-refractivity contribution in [2.45, 2.75) is 45.2 Å². The molecule has 2 atom stereocenters. The van der Waals surface area contributed by atoms with Gasteiger partial charge < -0.3 is 15.5 Å². The Morgan fingerprint density at radius 1 is 1.40 bits per heavy atom. The SMILES string of the molecule is CC(N)c1nnc(NC(C)C2CCC2)o1. The molecule has 1 heterocycles. The third kappa shape index (κ3) is 2.28. The highest BCUT2D eigenvalue weighted by molar-refractivity contribution is 5.20. The second-order valence-corrected chi connectivity index (χ2v) is 4.36. The molecular weight excluding hydrogens is 192 g/mol. The van der Waals surface area contributed by atoms with Gasteiger partial charge in [-0.1, -0.05) is 11.5 Å². The van der Waals surface area contributed by atoms with Crippen LogP contribution >= 0.6 is 0 Å². The summed E-state index contributed by atoms with van der Waals surface area (Å²) in [5, 5.41) is 11.0. The topological polar surface area (TPSA) is 77.0 Å². The van der Waals surface area contributed by atoms with Crippen LogP contribution in [-0.4, -0.2) is 16.2 Å². The van der Waals surface area contributed by atoms with E-state index in [9.17, 15) is 0 Å². The Kier molecular flexibility index (Phi) is 2.90. The fourth-order valence-corrected chi connectivity index (χ4v) is 1.73. The van der Waals surface area contributed by atoms with Gasteiger partial charge in [0.05, 0.1) is 6.04 Å². The minimum atomic E-state index is -0.202. The average Bonchev–Trinajstić information content (AvgIpc) is 2.48. The largest absolute Gasteiger partial charge is 0.406 e. The molecule has 2 unspecified atom stereocenters. The van der Waals surface area contributed by atoms with Gasteiger partial charge in [0.2, 0.25) is 5.89 Å². The number of nitrogens with zero attached hydrogens (tertiary/aromatic N) is 2.